The number of primary amides is 1. The number of carbonyl (C=O) groups is 11. The van der Waals surface area contributed by atoms with Gasteiger partial charge in [0, 0.05) is 60.7 Å². The van der Waals surface area contributed by atoms with Crippen molar-refractivity contribution in [1.82, 2.24) is 67.0 Å². The van der Waals surface area contributed by atoms with Gasteiger partial charge in [-0.15, -0.1) is 5.10 Å². The molecular formula is C52H70N14O16S2. The number of methoxy groups -OCH3 is 1. The van der Waals surface area contributed by atoms with E-state index in [2.05, 4.69) is 52.5 Å². The van der Waals surface area contributed by atoms with E-state index in [1.54, 1.807) is 36.9 Å². The van der Waals surface area contributed by atoms with E-state index in [4.69, 9.17) is 10.5 Å². The third-order valence-electron chi connectivity index (χ3n) is 15.0. The van der Waals surface area contributed by atoms with Crippen LogP contribution in [-0.2, 0) is 88.8 Å². The average Bonchev–Trinajstić information content (AvgIpc) is 2.18. The van der Waals surface area contributed by atoms with Crippen molar-refractivity contribution in [1.29, 1.82) is 0 Å². The fourth-order valence-corrected chi connectivity index (χ4v) is 12.5. The number of hydrogen-bond donors (Lipinski definition) is 12. The van der Waals surface area contributed by atoms with Crippen molar-refractivity contribution in [2.75, 3.05) is 44.9 Å². The maximum Gasteiger partial charge on any atom is 0.253 e. The monoisotopic (exact) mass is 1210 g/mol. The maximum atomic E-state index is 15.3. The number of ether oxygens (including phenoxy) is 1. The first-order chi connectivity index (χ1) is 40.0. The summed E-state index contributed by atoms with van der Waals surface area (Å²) in [5.74, 6) is -11.6. The number of benzene rings is 1. The number of amides is 11. The van der Waals surface area contributed by atoms with Gasteiger partial charge in [0.2, 0.25) is 53.2 Å². The highest BCUT2D eigenvalue weighted by Gasteiger charge is 2.45. The summed E-state index contributed by atoms with van der Waals surface area (Å²) in [4.78, 5) is 156. The van der Waals surface area contributed by atoms with Crippen LogP contribution in [0.25, 0.3) is 10.9 Å². The molecule has 3 aromatic rings. The van der Waals surface area contributed by atoms with Gasteiger partial charge < -0.3 is 72.9 Å². The molecule has 4 aliphatic rings. The summed E-state index contributed by atoms with van der Waals surface area (Å²) in [6, 6.07) is -6.93. The first kappa shape index (κ1) is 63.8. The van der Waals surface area contributed by atoms with Crippen LogP contribution in [-0.4, -0.2) is 208 Å². The molecule has 1 aromatic carbocycles. The fraction of sp³-hybridized carbons (Fsp3) is 0.558. The van der Waals surface area contributed by atoms with E-state index < -0.39 is 187 Å². The minimum atomic E-state index is -2.44. The molecule has 7 rings (SSSR count). The Hall–Kier alpha value is -7.81. The van der Waals surface area contributed by atoms with E-state index in [1.165, 1.54) is 37.9 Å². The molecule has 11 atom stereocenters. The summed E-state index contributed by atoms with van der Waals surface area (Å²) in [6.45, 7) is 2.13. The van der Waals surface area contributed by atoms with Gasteiger partial charge in [0.25, 0.3) is 11.8 Å². The van der Waals surface area contributed by atoms with E-state index in [-0.39, 0.29) is 22.9 Å². The van der Waals surface area contributed by atoms with Gasteiger partial charge >= 0.3 is 0 Å². The summed E-state index contributed by atoms with van der Waals surface area (Å²) < 4.78 is 22.7. The zero-order valence-electron chi connectivity index (χ0n) is 46.5. The number of aliphatic hydroxyl groups is 3. The highest BCUT2D eigenvalue weighted by molar-refractivity contribution is 7.98. The maximum absolute atomic E-state index is 15.3. The van der Waals surface area contributed by atoms with Gasteiger partial charge in [0.1, 0.15) is 52.7 Å². The fourth-order valence-electron chi connectivity index (χ4n) is 10.1. The van der Waals surface area contributed by atoms with Crippen molar-refractivity contribution in [3.63, 3.8) is 0 Å². The number of H-pyrrole nitrogens is 1. The summed E-state index contributed by atoms with van der Waals surface area (Å²) in [5.41, 5.74) is 7.02. The van der Waals surface area contributed by atoms with E-state index in [0.717, 1.165) is 9.80 Å². The van der Waals surface area contributed by atoms with Crippen molar-refractivity contribution in [2.45, 2.75) is 132 Å². The number of rotatable bonds is 17. The number of aromatic amines is 1. The first-order valence-corrected chi connectivity index (χ1v) is 29.7. The molecule has 1 fully saturated rings. The summed E-state index contributed by atoms with van der Waals surface area (Å²) in [7, 11) is -1.01. The Labute approximate surface area is 487 Å². The van der Waals surface area contributed by atoms with Crippen molar-refractivity contribution in [2.24, 2.45) is 17.6 Å². The third kappa shape index (κ3) is 15.5. The third-order valence-corrected chi connectivity index (χ3v) is 17.5. The van der Waals surface area contributed by atoms with Crippen LogP contribution in [0.4, 0.5) is 0 Å². The molecule has 11 amide bonds. The molecular weight excluding hydrogens is 1140 g/mol. The summed E-state index contributed by atoms with van der Waals surface area (Å²) in [5, 5.41) is 57.8. The standard InChI is InChI=1S/C52H70N14O16S2/c1-5-25(2)43-49(78)55-17-39(71)56-34-24-84(81)51-30(29-8-9-37(82-4)31(45(29)61-51)23-83-13-7-6-12-64-19-27(62-63-64)20-66-41(73)10-11-42(66)74)15-32(46(75)54-18-40(72)59-43)57-50(79)44(26(3)36(69)22-67)60-48(77)35-14-28(68)21-65(35)52(80)33(16-38(53)70)58-47(34)76/h8-11,19,25-26,28,32-36,43-44,61,67-69H,5-7,12-18,20-24H2,1-4H3,(H2,53,70)(H,54,75)(H,55,78)(H,56,71)(H,57,79)(H,58,76)(H,59,72)(H,60,77)/t25-,26-,28+,32-,33-,34-,35-,36-,43-,44-,84?/m0/s1. The van der Waals surface area contributed by atoms with Crippen molar-refractivity contribution < 1.29 is 77.0 Å². The number of hydrogen-bond acceptors (Lipinski definition) is 19. The van der Waals surface area contributed by atoms with Crippen LogP contribution in [0, 0.1) is 11.8 Å². The molecule has 0 saturated carbocycles. The lowest BCUT2D eigenvalue weighted by Gasteiger charge is -2.32. The highest BCUT2D eigenvalue weighted by atomic mass is 32.2. The molecule has 32 heteroatoms. The van der Waals surface area contributed by atoms with Crippen molar-refractivity contribution in [3.05, 3.63) is 47.3 Å². The zero-order valence-corrected chi connectivity index (χ0v) is 48.2. The van der Waals surface area contributed by atoms with Gasteiger partial charge in [-0.2, -0.15) is 11.8 Å². The number of aromatic nitrogens is 4. The largest absolute Gasteiger partial charge is 0.496 e. The molecule has 456 valence electrons. The molecule has 13 N–H and O–H groups in total. The van der Waals surface area contributed by atoms with Crippen LogP contribution >= 0.6 is 11.8 Å². The molecule has 2 bridgehead atoms. The van der Waals surface area contributed by atoms with E-state index in [1.807, 2.05) is 0 Å². The number of nitrogens with one attached hydrogen (secondary N) is 8. The predicted molar refractivity (Wildman–Crippen MR) is 297 cm³/mol. The van der Waals surface area contributed by atoms with E-state index in [0.29, 0.717) is 59.5 Å². The van der Waals surface area contributed by atoms with Gasteiger partial charge in [-0.05, 0) is 42.2 Å². The predicted octanol–water partition coefficient (Wildman–Crippen LogP) is -4.89. The minimum absolute atomic E-state index is 0.0274. The second-order valence-electron chi connectivity index (χ2n) is 20.9. The van der Waals surface area contributed by atoms with Crippen LogP contribution in [0.2, 0.25) is 0 Å². The number of carbonyl (C=O) groups excluding carboxylic acids is 11. The molecule has 0 aliphatic carbocycles. The van der Waals surface area contributed by atoms with Crippen LogP contribution in [0.3, 0.4) is 0 Å². The number of thioether (sulfide) groups is 1. The number of fused-ring (bicyclic) bond motifs is 5. The molecule has 0 spiro atoms. The second-order valence-corrected chi connectivity index (χ2v) is 23.5. The van der Waals surface area contributed by atoms with Gasteiger partial charge in [0.15, 0.2) is 0 Å². The van der Waals surface area contributed by atoms with Gasteiger partial charge in [-0.3, -0.25) is 66.5 Å². The Balaban J connectivity index is 1.31. The Morgan fingerprint density at radius 1 is 0.881 bits per heavy atom. The highest BCUT2D eigenvalue weighted by Crippen LogP contribution is 2.36. The topological polar surface area (TPSA) is 438 Å². The first-order valence-electron chi connectivity index (χ1n) is 27.2. The molecule has 30 nitrogen and oxygen atoms in total. The zero-order chi connectivity index (χ0) is 61.1. The molecule has 0 radical (unpaired) electrons. The molecule has 2 aromatic heterocycles. The SMILES string of the molecule is CC[C@H](C)[C@@H]1NC(=O)CNC(=O)[C@@H]2Cc3c([nH]c4c(CSCCCCn5cc(CN6C(=O)C=CC6=O)nn5)c(OC)ccc34)S(=O)C[C@H](NC(=O)CNC1=O)C(=O)N[C@@H](CC(N)=O)C(=O)N1C[C@H](O)C[C@H]1C(=O)N[C@@H]([C@@H](C)[C@@H](O)CO)C(=O)N2. The minimum Gasteiger partial charge on any atom is -0.496 e. The summed E-state index contributed by atoms with van der Waals surface area (Å²) in [6.07, 6.45) is 0.779. The van der Waals surface area contributed by atoms with E-state index in [9.17, 15) is 68.1 Å². The smallest absolute Gasteiger partial charge is 0.253 e. The average molecular weight is 1210 g/mol. The number of nitrogens with two attached hydrogens (primary N) is 1. The van der Waals surface area contributed by atoms with Crippen LogP contribution in [0.1, 0.15) is 69.7 Å². The van der Waals surface area contributed by atoms with Crippen molar-refractivity contribution >= 4 is 98.4 Å². The van der Waals surface area contributed by atoms with Crippen LogP contribution in [0.15, 0.2) is 35.5 Å². The number of nitrogens with zero attached hydrogens (tertiary/aromatic N) is 5. The van der Waals surface area contributed by atoms with Gasteiger partial charge in [-0.25, -0.2) is 0 Å². The quantitative estimate of drug-likeness (QED) is 0.0445. The lowest BCUT2D eigenvalue weighted by Crippen LogP contribution is -2.62. The van der Waals surface area contributed by atoms with Gasteiger partial charge in [-0.1, -0.05) is 32.4 Å². The Bertz CT molecular complexity index is 3080. The van der Waals surface area contributed by atoms with Crippen molar-refractivity contribution in [3.8, 4) is 5.75 Å². The summed E-state index contributed by atoms with van der Waals surface area (Å²) >= 11 is 1.50. The molecule has 6 heterocycles. The molecule has 1 saturated heterocycles. The second kappa shape index (κ2) is 28.6. The Kier molecular flexibility index (Phi) is 21.7. The van der Waals surface area contributed by atoms with Crippen LogP contribution < -0.4 is 47.7 Å². The Morgan fingerprint density at radius 2 is 1.58 bits per heavy atom. The van der Waals surface area contributed by atoms with Gasteiger partial charge in [0.05, 0.1) is 80.2 Å². The number of aliphatic hydroxyl groups excluding tert-OH is 3. The molecule has 84 heavy (non-hydrogen) atoms. The van der Waals surface area contributed by atoms with E-state index >= 15 is 4.21 Å². The lowest BCUT2D eigenvalue weighted by atomic mass is 9.93. The molecule has 1 unspecified atom stereocenters. The number of aryl methyl sites for hydroxylation is 1. The number of imide groups is 1. The van der Waals surface area contributed by atoms with Crippen LogP contribution in [0.5, 0.6) is 5.75 Å². The Morgan fingerprint density at radius 3 is 2.26 bits per heavy atom. The number of unbranched alkanes of at least 4 members (excludes halogenated alkanes) is 1. The normalized spacial score (nSPS) is 25.4. The molecule has 4 aliphatic heterocycles. The lowest BCUT2D eigenvalue weighted by molar-refractivity contribution is -0.144.